The summed E-state index contributed by atoms with van der Waals surface area (Å²) in [5, 5.41) is 2.56. The quantitative estimate of drug-likeness (QED) is 0.849. The van der Waals surface area contributed by atoms with E-state index in [9.17, 15) is 9.59 Å². The highest BCUT2D eigenvalue weighted by atomic mass is 16.4. The number of aromatic amines is 1. The first kappa shape index (κ1) is 12.2. The number of hydrogen-bond acceptors (Lipinski definition) is 3. The predicted octanol–water partition coefficient (Wildman–Crippen LogP) is 0.935. The number of urea groups is 1. The number of benzene rings is 1. The lowest BCUT2D eigenvalue weighted by molar-refractivity contribution is 0.211. The first-order chi connectivity index (χ1) is 8.60. The maximum Gasteiger partial charge on any atom is 0.417 e. The van der Waals surface area contributed by atoms with Crippen molar-refractivity contribution in [2.75, 3.05) is 20.6 Å². The van der Waals surface area contributed by atoms with E-state index >= 15 is 0 Å². The van der Waals surface area contributed by atoms with E-state index in [-0.39, 0.29) is 6.03 Å². The molecule has 0 bridgehead atoms. The van der Waals surface area contributed by atoms with E-state index in [0.717, 1.165) is 5.56 Å². The summed E-state index contributed by atoms with van der Waals surface area (Å²) in [6.45, 7) is 0.597. The fourth-order valence-electron chi connectivity index (χ4n) is 1.73. The van der Waals surface area contributed by atoms with E-state index in [2.05, 4.69) is 10.3 Å². The maximum absolute atomic E-state index is 11.3. The minimum absolute atomic E-state index is 0.121. The molecule has 0 spiro atoms. The highest BCUT2D eigenvalue weighted by molar-refractivity contribution is 5.74. The Morgan fingerprint density at radius 3 is 3.00 bits per heavy atom. The molecular formula is C12H15N3O3. The number of aromatic nitrogens is 1. The van der Waals surface area contributed by atoms with Gasteiger partial charge in [0.2, 0.25) is 0 Å². The van der Waals surface area contributed by atoms with Gasteiger partial charge in [0.05, 0.1) is 5.52 Å². The molecule has 6 nitrogen and oxygen atoms in total. The van der Waals surface area contributed by atoms with Gasteiger partial charge in [-0.15, -0.1) is 0 Å². The molecule has 0 atom stereocenters. The zero-order valence-corrected chi connectivity index (χ0v) is 10.3. The zero-order chi connectivity index (χ0) is 13.1. The smallest absolute Gasteiger partial charge is 0.408 e. The standard InChI is InChI=1S/C12H15N3O3/c1-13-11(16)15(2)6-5-8-3-4-9-10(7-8)18-12(17)14-9/h3-4,7H,5-6H2,1-2H3,(H,13,16)(H,14,17). The third-order valence-electron chi connectivity index (χ3n) is 2.78. The second-order valence-electron chi connectivity index (χ2n) is 4.07. The molecule has 0 unspecified atom stereocenters. The first-order valence-electron chi connectivity index (χ1n) is 5.65. The lowest BCUT2D eigenvalue weighted by atomic mass is 10.1. The first-order valence-corrected chi connectivity index (χ1v) is 5.65. The molecule has 0 aliphatic carbocycles. The molecule has 2 amide bonds. The number of amides is 2. The third-order valence-corrected chi connectivity index (χ3v) is 2.78. The number of nitrogens with one attached hydrogen (secondary N) is 2. The number of hydrogen-bond donors (Lipinski definition) is 2. The molecule has 1 aromatic heterocycles. The Bertz CT molecular complexity index is 614. The number of likely N-dealkylation sites (N-methyl/N-ethyl adjacent to an activating group) is 1. The molecule has 18 heavy (non-hydrogen) atoms. The van der Waals surface area contributed by atoms with Gasteiger partial charge in [0.25, 0.3) is 0 Å². The molecule has 0 fully saturated rings. The van der Waals surface area contributed by atoms with Crippen molar-refractivity contribution in [1.82, 2.24) is 15.2 Å². The van der Waals surface area contributed by atoms with E-state index in [1.807, 2.05) is 12.1 Å². The van der Waals surface area contributed by atoms with Gasteiger partial charge in [-0.1, -0.05) is 6.07 Å². The zero-order valence-electron chi connectivity index (χ0n) is 10.3. The third kappa shape index (κ3) is 2.53. The Labute approximate surface area is 104 Å². The molecule has 2 N–H and O–H groups in total. The van der Waals surface area contributed by atoms with Gasteiger partial charge in [0, 0.05) is 20.6 Å². The van der Waals surface area contributed by atoms with E-state index in [0.29, 0.717) is 24.1 Å². The summed E-state index contributed by atoms with van der Waals surface area (Å²) in [5.74, 6) is -0.454. The molecular weight excluding hydrogens is 234 g/mol. The average Bonchev–Trinajstić information content (AvgIpc) is 2.74. The van der Waals surface area contributed by atoms with Crippen LogP contribution in [0, 0.1) is 0 Å². The molecule has 2 aromatic rings. The number of nitrogens with zero attached hydrogens (tertiary/aromatic N) is 1. The van der Waals surface area contributed by atoms with Gasteiger partial charge in [-0.25, -0.2) is 9.59 Å². The molecule has 0 saturated heterocycles. The van der Waals surface area contributed by atoms with Gasteiger partial charge < -0.3 is 14.6 Å². The summed E-state index contributed by atoms with van der Waals surface area (Å²) in [7, 11) is 3.33. The van der Waals surface area contributed by atoms with Crippen LogP contribution < -0.4 is 11.1 Å². The average molecular weight is 249 g/mol. The van der Waals surface area contributed by atoms with Crippen molar-refractivity contribution in [3.05, 3.63) is 34.3 Å². The van der Waals surface area contributed by atoms with Gasteiger partial charge in [0.1, 0.15) is 0 Å². The summed E-state index contributed by atoms with van der Waals surface area (Å²) >= 11 is 0. The molecule has 1 aromatic carbocycles. The number of rotatable bonds is 3. The molecule has 0 saturated carbocycles. The second-order valence-corrected chi connectivity index (χ2v) is 4.07. The number of carbonyl (C=O) groups excluding carboxylic acids is 1. The topological polar surface area (TPSA) is 78.3 Å². The lowest BCUT2D eigenvalue weighted by Crippen LogP contribution is -2.36. The van der Waals surface area contributed by atoms with Gasteiger partial charge in [-0.2, -0.15) is 0 Å². The van der Waals surface area contributed by atoms with Crippen molar-refractivity contribution >= 4 is 17.1 Å². The monoisotopic (exact) mass is 249 g/mol. The molecule has 0 radical (unpaired) electrons. The Balaban J connectivity index is 2.08. The summed E-state index contributed by atoms with van der Waals surface area (Å²) in [6.07, 6.45) is 0.703. The Kier molecular flexibility index (Phi) is 3.36. The van der Waals surface area contributed by atoms with E-state index in [4.69, 9.17) is 4.42 Å². The van der Waals surface area contributed by atoms with Crippen molar-refractivity contribution in [2.45, 2.75) is 6.42 Å². The molecule has 6 heteroatoms. The summed E-state index contributed by atoms with van der Waals surface area (Å²) in [4.78, 5) is 26.5. The summed E-state index contributed by atoms with van der Waals surface area (Å²) < 4.78 is 4.98. The fraction of sp³-hybridized carbons (Fsp3) is 0.333. The van der Waals surface area contributed by atoms with E-state index < -0.39 is 5.76 Å². The molecule has 1 heterocycles. The minimum atomic E-state index is -0.454. The fourth-order valence-corrected chi connectivity index (χ4v) is 1.73. The molecule has 0 aliphatic heterocycles. The Morgan fingerprint density at radius 2 is 2.28 bits per heavy atom. The summed E-state index contributed by atoms with van der Waals surface area (Å²) in [6, 6.07) is 5.40. The van der Waals surface area contributed by atoms with Crippen molar-refractivity contribution in [3.8, 4) is 0 Å². The molecule has 96 valence electrons. The Morgan fingerprint density at radius 1 is 1.50 bits per heavy atom. The van der Waals surface area contributed by atoms with E-state index in [1.54, 1.807) is 25.1 Å². The van der Waals surface area contributed by atoms with Crippen molar-refractivity contribution < 1.29 is 9.21 Å². The Hall–Kier alpha value is -2.24. The van der Waals surface area contributed by atoms with Crippen LogP contribution in [0.3, 0.4) is 0 Å². The van der Waals surface area contributed by atoms with E-state index in [1.165, 1.54) is 0 Å². The highest BCUT2D eigenvalue weighted by Gasteiger charge is 2.07. The number of oxazole rings is 1. The second kappa shape index (κ2) is 4.95. The van der Waals surface area contributed by atoms with Crippen LogP contribution in [-0.4, -0.2) is 36.6 Å². The predicted molar refractivity (Wildman–Crippen MR) is 67.6 cm³/mol. The van der Waals surface area contributed by atoms with Crippen molar-refractivity contribution in [1.29, 1.82) is 0 Å². The van der Waals surface area contributed by atoms with Crippen LogP contribution >= 0.6 is 0 Å². The molecule has 0 aliphatic rings. The van der Waals surface area contributed by atoms with Gasteiger partial charge in [-0.05, 0) is 24.1 Å². The number of carbonyl (C=O) groups is 1. The van der Waals surface area contributed by atoms with Crippen molar-refractivity contribution in [2.24, 2.45) is 0 Å². The highest BCUT2D eigenvalue weighted by Crippen LogP contribution is 2.12. The SMILES string of the molecule is CNC(=O)N(C)CCc1ccc2[nH]c(=O)oc2c1. The van der Waals surface area contributed by atoms with Gasteiger partial charge in [-0.3, -0.25) is 4.98 Å². The van der Waals surface area contributed by atoms with Gasteiger partial charge >= 0.3 is 11.8 Å². The van der Waals surface area contributed by atoms with Crippen LogP contribution in [0.4, 0.5) is 4.79 Å². The van der Waals surface area contributed by atoms with Crippen LogP contribution in [0.15, 0.2) is 27.4 Å². The maximum atomic E-state index is 11.3. The summed E-state index contributed by atoms with van der Waals surface area (Å²) in [5.41, 5.74) is 2.24. The number of fused-ring (bicyclic) bond motifs is 1. The van der Waals surface area contributed by atoms with Crippen LogP contribution in [0.5, 0.6) is 0 Å². The van der Waals surface area contributed by atoms with Crippen LogP contribution in [0.2, 0.25) is 0 Å². The largest absolute Gasteiger partial charge is 0.417 e. The normalized spacial score (nSPS) is 10.6. The number of H-pyrrole nitrogens is 1. The van der Waals surface area contributed by atoms with Crippen LogP contribution in [0.1, 0.15) is 5.56 Å². The minimum Gasteiger partial charge on any atom is -0.408 e. The molecule has 2 rings (SSSR count). The van der Waals surface area contributed by atoms with Crippen LogP contribution in [0.25, 0.3) is 11.1 Å². The van der Waals surface area contributed by atoms with Crippen LogP contribution in [-0.2, 0) is 6.42 Å². The lowest BCUT2D eigenvalue weighted by Gasteiger charge is -2.16. The van der Waals surface area contributed by atoms with Gasteiger partial charge in [0.15, 0.2) is 5.58 Å². The van der Waals surface area contributed by atoms with Crippen molar-refractivity contribution in [3.63, 3.8) is 0 Å².